The van der Waals surface area contributed by atoms with E-state index in [2.05, 4.69) is 52.1 Å². The molecule has 0 radical (unpaired) electrons. The first-order chi connectivity index (χ1) is 7.54. The van der Waals surface area contributed by atoms with E-state index < -0.39 is 0 Å². The summed E-state index contributed by atoms with van der Waals surface area (Å²) in [5.74, 6) is 3.54. The fourth-order valence-electron chi connectivity index (χ4n) is 1.52. The molecule has 0 spiro atoms. The Hall–Kier alpha value is -0.760. The number of hydrogen-bond donors (Lipinski definition) is 1. The summed E-state index contributed by atoms with van der Waals surface area (Å²) in [5.41, 5.74) is 0. The monoisotopic (exact) mass is 223 g/mol. The quantitative estimate of drug-likeness (QED) is 0.794. The van der Waals surface area contributed by atoms with E-state index >= 15 is 0 Å². The smallest absolute Gasteiger partial charge is 0.120 e. The Morgan fingerprint density at radius 3 is 2.38 bits per heavy atom. The number of hydrogen-bond acceptors (Lipinski definition) is 2. The summed E-state index contributed by atoms with van der Waals surface area (Å²) >= 11 is 0. The minimum atomic E-state index is 0.307. The van der Waals surface area contributed by atoms with Gasteiger partial charge in [0.25, 0.3) is 0 Å². The van der Waals surface area contributed by atoms with Crippen molar-refractivity contribution in [3.63, 3.8) is 0 Å². The highest BCUT2D eigenvalue weighted by Crippen LogP contribution is 2.17. The van der Waals surface area contributed by atoms with Crippen LogP contribution in [-0.2, 0) is 6.42 Å². The number of furan rings is 1. The standard InChI is InChI=1S/C14H25NO/c1-6-13-7-8-14(16-13)12(5)15-9-11(4)10(2)3/h7-8,10-12,15H,6,9H2,1-5H3. The molecule has 0 amide bonds. The third-order valence-electron chi connectivity index (χ3n) is 3.34. The summed E-state index contributed by atoms with van der Waals surface area (Å²) in [6.07, 6.45) is 0.967. The van der Waals surface area contributed by atoms with Gasteiger partial charge in [-0.05, 0) is 37.4 Å². The van der Waals surface area contributed by atoms with Crippen molar-refractivity contribution >= 4 is 0 Å². The average molecular weight is 223 g/mol. The second kappa shape index (κ2) is 6.09. The van der Waals surface area contributed by atoms with Crippen LogP contribution >= 0.6 is 0 Å². The van der Waals surface area contributed by atoms with Crippen LogP contribution in [0.5, 0.6) is 0 Å². The van der Waals surface area contributed by atoms with Crippen LogP contribution in [0, 0.1) is 11.8 Å². The summed E-state index contributed by atoms with van der Waals surface area (Å²) in [5, 5.41) is 3.52. The maximum absolute atomic E-state index is 5.72. The van der Waals surface area contributed by atoms with E-state index in [1.165, 1.54) is 0 Å². The molecule has 1 aromatic heterocycles. The Labute approximate surface area is 99.4 Å². The van der Waals surface area contributed by atoms with Crippen LogP contribution in [0.1, 0.15) is 52.2 Å². The van der Waals surface area contributed by atoms with Gasteiger partial charge in [-0.2, -0.15) is 0 Å². The van der Waals surface area contributed by atoms with E-state index in [1.54, 1.807) is 0 Å². The lowest BCUT2D eigenvalue weighted by atomic mass is 9.98. The molecule has 2 heteroatoms. The topological polar surface area (TPSA) is 25.2 Å². The highest BCUT2D eigenvalue weighted by Gasteiger charge is 2.12. The lowest BCUT2D eigenvalue weighted by Crippen LogP contribution is -2.26. The third-order valence-corrected chi connectivity index (χ3v) is 3.34. The molecule has 2 atom stereocenters. The highest BCUT2D eigenvalue weighted by molar-refractivity contribution is 5.10. The van der Waals surface area contributed by atoms with Crippen molar-refractivity contribution in [2.75, 3.05) is 6.54 Å². The Balaban J connectivity index is 2.43. The molecule has 1 N–H and O–H groups in total. The van der Waals surface area contributed by atoms with E-state index in [0.717, 1.165) is 30.4 Å². The Bertz CT molecular complexity index is 303. The van der Waals surface area contributed by atoms with Gasteiger partial charge in [0, 0.05) is 6.42 Å². The maximum atomic E-state index is 5.72. The zero-order chi connectivity index (χ0) is 12.1. The van der Waals surface area contributed by atoms with Crippen molar-refractivity contribution in [1.82, 2.24) is 5.32 Å². The second-order valence-electron chi connectivity index (χ2n) is 5.01. The summed E-state index contributed by atoms with van der Waals surface area (Å²) < 4.78 is 5.72. The number of nitrogens with one attached hydrogen (secondary N) is 1. The van der Waals surface area contributed by atoms with Crippen molar-refractivity contribution in [2.45, 2.75) is 47.1 Å². The highest BCUT2D eigenvalue weighted by atomic mass is 16.3. The summed E-state index contributed by atoms with van der Waals surface area (Å²) in [6, 6.07) is 4.46. The predicted octanol–water partition coefficient (Wildman–Crippen LogP) is 3.78. The fraction of sp³-hybridized carbons (Fsp3) is 0.714. The van der Waals surface area contributed by atoms with E-state index in [4.69, 9.17) is 4.42 Å². The minimum Gasteiger partial charge on any atom is -0.464 e. The number of rotatable bonds is 6. The first-order valence-electron chi connectivity index (χ1n) is 6.36. The zero-order valence-corrected chi connectivity index (χ0v) is 11.2. The molecule has 0 aliphatic carbocycles. The normalized spacial score (nSPS) is 15.4. The van der Waals surface area contributed by atoms with Gasteiger partial charge in [-0.3, -0.25) is 0 Å². The first kappa shape index (κ1) is 13.3. The molecule has 0 saturated carbocycles. The van der Waals surface area contributed by atoms with E-state index in [1.807, 2.05) is 0 Å². The molecule has 16 heavy (non-hydrogen) atoms. The van der Waals surface area contributed by atoms with Gasteiger partial charge in [-0.15, -0.1) is 0 Å². The summed E-state index contributed by atoms with van der Waals surface area (Å²) in [7, 11) is 0. The van der Waals surface area contributed by atoms with Crippen LogP contribution in [0.2, 0.25) is 0 Å². The Morgan fingerprint density at radius 2 is 1.88 bits per heavy atom. The number of aryl methyl sites for hydroxylation is 1. The molecular formula is C14H25NO. The van der Waals surface area contributed by atoms with Gasteiger partial charge >= 0.3 is 0 Å². The molecule has 1 heterocycles. The first-order valence-corrected chi connectivity index (χ1v) is 6.36. The van der Waals surface area contributed by atoms with Crippen molar-refractivity contribution < 1.29 is 4.42 Å². The Kier molecular flexibility index (Phi) is 5.07. The van der Waals surface area contributed by atoms with Crippen molar-refractivity contribution in [3.8, 4) is 0 Å². The Morgan fingerprint density at radius 1 is 1.19 bits per heavy atom. The molecule has 0 aliphatic rings. The zero-order valence-electron chi connectivity index (χ0n) is 11.2. The van der Waals surface area contributed by atoms with Crippen LogP contribution in [0.3, 0.4) is 0 Å². The summed E-state index contributed by atoms with van der Waals surface area (Å²) in [4.78, 5) is 0. The van der Waals surface area contributed by atoms with Crippen LogP contribution < -0.4 is 5.32 Å². The third kappa shape index (κ3) is 3.67. The lowest BCUT2D eigenvalue weighted by Gasteiger charge is -2.19. The molecule has 2 unspecified atom stereocenters. The van der Waals surface area contributed by atoms with Crippen molar-refractivity contribution in [1.29, 1.82) is 0 Å². The molecule has 1 aromatic rings. The van der Waals surface area contributed by atoms with Gasteiger partial charge in [0.2, 0.25) is 0 Å². The second-order valence-corrected chi connectivity index (χ2v) is 5.01. The van der Waals surface area contributed by atoms with Crippen LogP contribution in [0.4, 0.5) is 0 Å². The van der Waals surface area contributed by atoms with Crippen LogP contribution in [0.25, 0.3) is 0 Å². The molecule has 92 valence electrons. The van der Waals surface area contributed by atoms with Crippen molar-refractivity contribution in [3.05, 3.63) is 23.7 Å². The van der Waals surface area contributed by atoms with Gasteiger partial charge in [0.05, 0.1) is 6.04 Å². The van der Waals surface area contributed by atoms with Gasteiger partial charge in [0.15, 0.2) is 0 Å². The molecule has 0 bridgehead atoms. The SMILES string of the molecule is CCc1ccc(C(C)NCC(C)C(C)C)o1. The largest absolute Gasteiger partial charge is 0.464 e. The van der Waals surface area contributed by atoms with Gasteiger partial charge in [-0.25, -0.2) is 0 Å². The fourth-order valence-corrected chi connectivity index (χ4v) is 1.52. The van der Waals surface area contributed by atoms with E-state index in [9.17, 15) is 0 Å². The molecule has 0 aliphatic heterocycles. The molecule has 1 rings (SSSR count). The lowest BCUT2D eigenvalue weighted by molar-refractivity contribution is 0.349. The molecule has 0 fully saturated rings. The summed E-state index contributed by atoms with van der Waals surface area (Å²) in [6.45, 7) is 12.1. The molecular weight excluding hydrogens is 198 g/mol. The van der Waals surface area contributed by atoms with E-state index in [0.29, 0.717) is 12.0 Å². The van der Waals surface area contributed by atoms with Crippen LogP contribution in [-0.4, -0.2) is 6.54 Å². The van der Waals surface area contributed by atoms with E-state index in [-0.39, 0.29) is 0 Å². The predicted molar refractivity (Wildman–Crippen MR) is 68.5 cm³/mol. The average Bonchev–Trinajstić information content (AvgIpc) is 2.73. The molecule has 0 saturated heterocycles. The van der Waals surface area contributed by atoms with Crippen LogP contribution in [0.15, 0.2) is 16.5 Å². The minimum absolute atomic E-state index is 0.307. The van der Waals surface area contributed by atoms with Crippen molar-refractivity contribution in [2.24, 2.45) is 11.8 Å². The van der Waals surface area contributed by atoms with Gasteiger partial charge in [-0.1, -0.05) is 27.7 Å². The van der Waals surface area contributed by atoms with Gasteiger partial charge < -0.3 is 9.73 Å². The molecule has 2 nitrogen and oxygen atoms in total. The maximum Gasteiger partial charge on any atom is 0.120 e. The molecule has 0 aromatic carbocycles. The van der Waals surface area contributed by atoms with Gasteiger partial charge in [0.1, 0.15) is 11.5 Å².